The number of halogens is 1. The van der Waals surface area contributed by atoms with E-state index in [1.807, 2.05) is 18.2 Å². The van der Waals surface area contributed by atoms with E-state index in [9.17, 15) is 4.39 Å². The van der Waals surface area contributed by atoms with Gasteiger partial charge < -0.3 is 11.5 Å². The van der Waals surface area contributed by atoms with Crippen LogP contribution in [-0.4, -0.2) is 16.8 Å². The average Bonchev–Trinajstić information content (AvgIpc) is 2.38. The number of pyridine rings is 1. The van der Waals surface area contributed by atoms with Crippen LogP contribution in [0.4, 0.5) is 10.2 Å². The molecule has 0 aliphatic rings. The lowest BCUT2D eigenvalue weighted by molar-refractivity contribution is 0.601. The van der Waals surface area contributed by atoms with Crippen LogP contribution in [-0.2, 0) is 6.42 Å². The predicted molar refractivity (Wildman–Crippen MR) is 77.5 cm³/mol. The molecule has 100 valence electrons. The van der Waals surface area contributed by atoms with Crippen molar-refractivity contribution in [2.75, 3.05) is 11.5 Å². The summed E-state index contributed by atoms with van der Waals surface area (Å²) in [5.41, 5.74) is 12.7. The van der Waals surface area contributed by atoms with E-state index < -0.39 is 0 Å². The van der Waals surface area contributed by atoms with Crippen molar-refractivity contribution in [3.8, 4) is 0 Å². The third-order valence-electron chi connectivity index (χ3n) is 2.63. The first-order chi connectivity index (χ1) is 9.15. The number of nitrogens with two attached hydrogens (primary N) is 2. The molecule has 1 aromatic heterocycles. The van der Waals surface area contributed by atoms with Crippen molar-refractivity contribution in [3.63, 3.8) is 0 Å². The van der Waals surface area contributed by atoms with E-state index >= 15 is 0 Å². The molecule has 2 rings (SSSR count). The van der Waals surface area contributed by atoms with Gasteiger partial charge in [-0.2, -0.15) is 0 Å². The van der Waals surface area contributed by atoms with Gasteiger partial charge in [-0.25, -0.2) is 9.37 Å². The van der Waals surface area contributed by atoms with Crippen molar-refractivity contribution in [2.45, 2.75) is 17.4 Å². The lowest BCUT2D eigenvalue weighted by Crippen LogP contribution is -2.25. The molecule has 0 aliphatic carbocycles. The molecule has 0 saturated carbocycles. The largest absolute Gasteiger partial charge is 0.384 e. The summed E-state index contributed by atoms with van der Waals surface area (Å²) in [6.07, 6.45) is 2.37. The summed E-state index contributed by atoms with van der Waals surface area (Å²) in [5, 5.41) is 0. The summed E-state index contributed by atoms with van der Waals surface area (Å²) in [5.74, 6) is 0.947. The number of rotatable bonds is 5. The van der Waals surface area contributed by atoms with Crippen LogP contribution in [0.15, 0.2) is 47.5 Å². The smallest absolute Gasteiger partial charge is 0.136 e. The Kier molecular flexibility index (Phi) is 4.76. The Bertz CT molecular complexity index is 548. The molecule has 1 heterocycles. The van der Waals surface area contributed by atoms with E-state index in [-0.39, 0.29) is 11.9 Å². The zero-order chi connectivity index (χ0) is 13.7. The molecule has 0 amide bonds. The van der Waals surface area contributed by atoms with E-state index in [0.29, 0.717) is 22.9 Å². The third-order valence-corrected chi connectivity index (χ3v) is 3.87. The minimum atomic E-state index is -0.201. The molecule has 2 aromatic rings. The fourth-order valence-electron chi connectivity index (χ4n) is 1.74. The molecule has 0 aliphatic heterocycles. The fourth-order valence-corrected chi connectivity index (χ4v) is 2.63. The minimum Gasteiger partial charge on any atom is -0.384 e. The Balaban J connectivity index is 1.88. The van der Waals surface area contributed by atoms with Crippen LogP contribution >= 0.6 is 11.8 Å². The SMILES string of the molecule is Nc1cc(CC(N)CSc2ccccc2F)ccn1. The molecule has 19 heavy (non-hydrogen) atoms. The van der Waals surface area contributed by atoms with Gasteiger partial charge in [0, 0.05) is 22.9 Å². The highest BCUT2D eigenvalue weighted by atomic mass is 32.2. The molecule has 0 radical (unpaired) electrons. The molecule has 0 spiro atoms. The number of nitrogen functional groups attached to an aromatic ring is 1. The zero-order valence-corrected chi connectivity index (χ0v) is 11.2. The van der Waals surface area contributed by atoms with Crippen molar-refractivity contribution in [1.82, 2.24) is 4.98 Å². The Morgan fingerprint density at radius 3 is 2.79 bits per heavy atom. The second-order valence-corrected chi connectivity index (χ2v) is 5.36. The molecule has 4 N–H and O–H groups in total. The number of nitrogens with zero attached hydrogens (tertiary/aromatic N) is 1. The zero-order valence-electron chi connectivity index (χ0n) is 10.4. The van der Waals surface area contributed by atoms with E-state index in [4.69, 9.17) is 11.5 Å². The minimum absolute atomic E-state index is 0.0496. The van der Waals surface area contributed by atoms with Gasteiger partial charge >= 0.3 is 0 Å². The molecule has 0 bridgehead atoms. The predicted octanol–water partition coefficient (Wildman–Crippen LogP) is 2.47. The molecule has 1 atom stereocenters. The average molecular weight is 277 g/mol. The normalized spacial score (nSPS) is 12.3. The van der Waals surface area contributed by atoms with E-state index in [1.165, 1.54) is 17.8 Å². The van der Waals surface area contributed by atoms with Gasteiger partial charge in [-0.1, -0.05) is 12.1 Å². The van der Waals surface area contributed by atoms with Crippen molar-refractivity contribution < 1.29 is 4.39 Å². The van der Waals surface area contributed by atoms with E-state index in [1.54, 1.807) is 18.3 Å². The van der Waals surface area contributed by atoms with Crippen LogP contribution in [0, 0.1) is 5.82 Å². The maximum atomic E-state index is 13.4. The summed E-state index contributed by atoms with van der Waals surface area (Å²) in [6.45, 7) is 0. The van der Waals surface area contributed by atoms with Crippen LogP contribution < -0.4 is 11.5 Å². The lowest BCUT2D eigenvalue weighted by Gasteiger charge is -2.11. The first kappa shape index (κ1) is 13.8. The van der Waals surface area contributed by atoms with Gasteiger partial charge in [-0.05, 0) is 36.2 Å². The molecular formula is C14H16FN3S. The standard InChI is InChI=1S/C14H16FN3S/c15-12-3-1-2-4-13(12)19-9-11(16)7-10-5-6-18-14(17)8-10/h1-6,8,11H,7,9,16H2,(H2,17,18). The second-order valence-electron chi connectivity index (χ2n) is 4.29. The number of hydrogen-bond donors (Lipinski definition) is 2. The first-order valence-electron chi connectivity index (χ1n) is 5.98. The first-order valence-corrected chi connectivity index (χ1v) is 6.97. The third kappa shape index (κ3) is 4.22. The molecule has 0 fully saturated rings. The number of thioether (sulfide) groups is 1. The molecule has 0 saturated heterocycles. The number of aromatic nitrogens is 1. The van der Waals surface area contributed by atoms with Gasteiger partial charge in [-0.3, -0.25) is 0 Å². The van der Waals surface area contributed by atoms with Crippen molar-refractivity contribution >= 4 is 17.6 Å². The van der Waals surface area contributed by atoms with Gasteiger partial charge in [0.1, 0.15) is 11.6 Å². The Hall–Kier alpha value is -1.59. The molecular weight excluding hydrogens is 261 g/mol. The van der Waals surface area contributed by atoms with Gasteiger partial charge in [0.2, 0.25) is 0 Å². The van der Waals surface area contributed by atoms with Gasteiger partial charge in [0.15, 0.2) is 0 Å². The molecule has 3 nitrogen and oxygen atoms in total. The number of benzene rings is 1. The highest BCUT2D eigenvalue weighted by Gasteiger charge is 2.08. The summed E-state index contributed by atoms with van der Waals surface area (Å²) in [7, 11) is 0. The van der Waals surface area contributed by atoms with Crippen molar-refractivity contribution in [3.05, 3.63) is 54.0 Å². The van der Waals surface area contributed by atoms with E-state index in [0.717, 1.165) is 5.56 Å². The Morgan fingerprint density at radius 2 is 2.05 bits per heavy atom. The van der Waals surface area contributed by atoms with Crippen LogP contribution in [0.1, 0.15) is 5.56 Å². The molecule has 5 heteroatoms. The number of hydrogen-bond acceptors (Lipinski definition) is 4. The topological polar surface area (TPSA) is 64.9 Å². The fraction of sp³-hybridized carbons (Fsp3) is 0.214. The monoisotopic (exact) mass is 277 g/mol. The van der Waals surface area contributed by atoms with Crippen LogP contribution in [0.3, 0.4) is 0 Å². The van der Waals surface area contributed by atoms with Crippen molar-refractivity contribution in [1.29, 1.82) is 0 Å². The highest BCUT2D eigenvalue weighted by molar-refractivity contribution is 7.99. The quantitative estimate of drug-likeness (QED) is 0.824. The highest BCUT2D eigenvalue weighted by Crippen LogP contribution is 2.22. The Morgan fingerprint density at radius 1 is 1.26 bits per heavy atom. The lowest BCUT2D eigenvalue weighted by atomic mass is 10.1. The van der Waals surface area contributed by atoms with Crippen LogP contribution in [0.2, 0.25) is 0 Å². The molecule has 1 unspecified atom stereocenters. The molecule has 1 aromatic carbocycles. The van der Waals surface area contributed by atoms with Gasteiger partial charge in [0.05, 0.1) is 0 Å². The van der Waals surface area contributed by atoms with Crippen LogP contribution in [0.25, 0.3) is 0 Å². The van der Waals surface area contributed by atoms with Gasteiger partial charge in [-0.15, -0.1) is 11.8 Å². The Labute approximate surface area is 116 Å². The van der Waals surface area contributed by atoms with Crippen molar-refractivity contribution in [2.24, 2.45) is 5.73 Å². The van der Waals surface area contributed by atoms with Gasteiger partial charge in [0.25, 0.3) is 0 Å². The maximum absolute atomic E-state index is 13.4. The second kappa shape index (κ2) is 6.54. The van der Waals surface area contributed by atoms with Crippen LogP contribution in [0.5, 0.6) is 0 Å². The maximum Gasteiger partial charge on any atom is 0.136 e. The number of anilines is 1. The summed E-state index contributed by atoms with van der Waals surface area (Å²) >= 11 is 1.43. The van der Waals surface area contributed by atoms with E-state index in [2.05, 4.69) is 4.98 Å². The summed E-state index contributed by atoms with van der Waals surface area (Å²) in [4.78, 5) is 4.57. The summed E-state index contributed by atoms with van der Waals surface area (Å²) < 4.78 is 13.4. The summed E-state index contributed by atoms with van der Waals surface area (Å²) in [6, 6.07) is 10.4.